The van der Waals surface area contributed by atoms with Gasteiger partial charge in [0.2, 0.25) is 33.7 Å². The molecule has 3 aromatic carbocycles. The fraction of sp³-hybridized carbons (Fsp3) is 0.550. The second-order valence-corrected chi connectivity index (χ2v) is 26.3. The Morgan fingerprint density at radius 2 is 1.20 bits per heavy atom. The molecule has 0 saturated carbocycles. The molecule has 7 amide bonds. The monoisotopic (exact) mass is 1130 g/mol. The first kappa shape index (κ1) is 67.5. The maximum absolute atomic E-state index is 14.7. The molecule has 5 atom stereocenters. The lowest BCUT2D eigenvalue weighted by Gasteiger charge is -2.42. The second kappa shape index (κ2) is 28.6. The minimum Gasteiger partial charge on any atom is -0.444 e. The number of hydrogen-bond acceptors (Lipinski definition) is 12. The van der Waals surface area contributed by atoms with Gasteiger partial charge in [0, 0.05) is 44.4 Å². The molecule has 0 heterocycles. The lowest BCUT2D eigenvalue weighted by atomic mass is 9.76. The van der Waals surface area contributed by atoms with Gasteiger partial charge in [-0.3, -0.25) is 28.9 Å². The van der Waals surface area contributed by atoms with Gasteiger partial charge in [-0.1, -0.05) is 127 Å². The summed E-state index contributed by atoms with van der Waals surface area (Å²) in [5, 5.41) is 8.56. The molecule has 5 unspecified atom stereocenters. The van der Waals surface area contributed by atoms with Gasteiger partial charge in [0.1, 0.15) is 29.3 Å². The first-order valence-electron chi connectivity index (χ1n) is 27.1. The molecular weight excluding hydrogens is 1040 g/mol. The fourth-order valence-electron chi connectivity index (χ4n) is 8.78. The molecule has 0 bridgehead atoms. The highest BCUT2D eigenvalue weighted by atomic mass is 32.2. The predicted molar refractivity (Wildman–Crippen MR) is 312 cm³/mol. The molecule has 80 heavy (non-hydrogen) atoms. The van der Waals surface area contributed by atoms with Crippen molar-refractivity contribution >= 4 is 57.4 Å². The van der Waals surface area contributed by atoms with E-state index in [0.717, 1.165) is 11.1 Å². The number of ether oxygens (including phenoxy) is 2. The SMILES string of the molecule is C/C(=C\C(C(C)C)N(C)C(=O)C(NC(=O)C(N(C)C(=O)OC(C)(C)C)C(C)(C)c1ccccc1)C(C)(C)C)C(=O)NS(=O)(=O)Cc1ccc(NC(=O)C(CCCCN(C)C(=O)OC(C)(C)C)NC(=O)C(N)Cc2ccccc2)cc1. The number of rotatable bonds is 24. The molecule has 0 radical (unpaired) electrons. The highest BCUT2D eigenvalue weighted by Crippen LogP contribution is 2.33. The largest absolute Gasteiger partial charge is 0.444 e. The van der Waals surface area contributed by atoms with Crippen molar-refractivity contribution in [2.75, 3.05) is 33.0 Å². The van der Waals surface area contributed by atoms with E-state index in [1.54, 1.807) is 76.4 Å². The molecule has 19 nitrogen and oxygen atoms in total. The number of likely N-dealkylation sites (N-methyl/N-ethyl adjacent to an activating group) is 2. The summed E-state index contributed by atoms with van der Waals surface area (Å²) >= 11 is 0. The van der Waals surface area contributed by atoms with Crippen LogP contribution in [0.15, 0.2) is 96.6 Å². The minimum atomic E-state index is -4.29. The summed E-state index contributed by atoms with van der Waals surface area (Å²) in [6.07, 6.45) is 1.72. The molecule has 0 fully saturated rings. The van der Waals surface area contributed by atoms with E-state index in [1.165, 1.54) is 59.0 Å². The molecule has 0 aliphatic rings. The van der Waals surface area contributed by atoms with Crippen molar-refractivity contribution in [3.8, 4) is 0 Å². The summed E-state index contributed by atoms with van der Waals surface area (Å²) < 4.78 is 40.2. The number of nitrogens with one attached hydrogen (secondary N) is 4. The Bertz CT molecular complexity index is 2730. The predicted octanol–water partition coefficient (Wildman–Crippen LogP) is 7.84. The van der Waals surface area contributed by atoms with E-state index in [-0.39, 0.29) is 24.3 Å². The van der Waals surface area contributed by atoms with Gasteiger partial charge < -0.3 is 41.0 Å². The number of unbranched alkanes of at least 4 members (excludes halogenated alkanes) is 1. The number of nitrogens with two attached hydrogens (primary N) is 1. The van der Waals surface area contributed by atoms with Crippen molar-refractivity contribution in [2.24, 2.45) is 17.1 Å². The standard InChI is InChI=1S/C60H90N8O11S/c1-39(2)47(67(16)54(73)48(57(4,5)6)64-53(72)49(68(17)56(75)79-59(10,11)12)60(13,14)43-28-22-19-23-29-43)36-40(3)50(69)65-80(76,77)38-42-31-33-44(34-32-42)62-52(71)46(30-24-25-35-66(15)55(74)78-58(7,8)9)63-51(70)45(61)37-41-26-20-18-21-27-41/h18-23,26-29,31-34,36,39,45-49H,24-25,30,35,37-38,61H2,1-17H3,(H,62,71)(H,63,70)(H,64,72)(H,65,69)/b40-36+. The van der Waals surface area contributed by atoms with Crippen LogP contribution >= 0.6 is 0 Å². The van der Waals surface area contributed by atoms with Crippen molar-refractivity contribution in [1.29, 1.82) is 0 Å². The quantitative estimate of drug-likeness (QED) is 0.0425. The van der Waals surface area contributed by atoms with Gasteiger partial charge in [0.25, 0.3) is 5.91 Å². The fourth-order valence-corrected chi connectivity index (χ4v) is 9.93. The van der Waals surface area contributed by atoms with Gasteiger partial charge in [0.05, 0.1) is 17.8 Å². The van der Waals surface area contributed by atoms with E-state index in [1.807, 2.05) is 88.4 Å². The normalized spacial score (nSPS) is 14.3. The molecule has 442 valence electrons. The van der Waals surface area contributed by atoms with E-state index in [0.29, 0.717) is 30.6 Å². The van der Waals surface area contributed by atoms with Crippen LogP contribution in [-0.2, 0) is 61.1 Å². The second-order valence-electron chi connectivity index (χ2n) is 24.6. The zero-order chi connectivity index (χ0) is 60.7. The number of amides is 7. The van der Waals surface area contributed by atoms with Crippen LogP contribution in [0.1, 0.15) is 133 Å². The van der Waals surface area contributed by atoms with Gasteiger partial charge in [-0.15, -0.1) is 0 Å². The molecule has 0 aliphatic carbocycles. The Balaban J connectivity index is 1.77. The third-order valence-corrected chi connectivity index (χ3v) is 14.4. The molecule has 0 aromatic heterocycles. The summed E-state index contributed by atoms with van der Waals surface area (Å²) in [6, 6.07) is 19.5. The Morgan fingerprint density at radius 3 is 1.73 bits per heavy atom. The summed E-state index contributed by atoms with van der Waals surface area (Å²) in [5.74, 6) is -3.94. The first-order chi connectivity index (χ1) is 36.8. The molecule has 20 heteroatoms. The molecular formula is C60H90N8O11S. The van der Waals surface area contributed by atoms with Crippen LogP contribution in [0.25, 0.3) is 0 Å². The van der Waals surface area contributed by atoms with Gasteiger partial charge >= 0.3 is 12.2 Å². The number of carbonyl (C=O) groups excluding carboxylic acids is 7. The van der Waals surface area contributed by atoms with Gasteiger partial charge in [0.15, 0.2) is 0 Å². The van der Waals surface area contributed by atoms with Crippen molar-refractivity contribution in [3.63, 3.8) is 0 Å². The van der Waals surface area contributed by atoms with E-state index in [9.17, 15) is 42.0 Å². The zero-order valence-corrected chi connectivity index (χ0v) is 51.0. The topological polar surface area (TPSA) is 256 Å². The number of nitrogens with zero attached hydrogens (tertiary/aromatic N) is 3. The lowest BCUT2D eigenvalue weighted by molar-refractivity contribution is -0.141. The number of benzene rings is 3. The molecule has 3 rings (SSSR count). The highest BCUT2D eigenvalue weighted by Gasteiger charge is 2.46. The molecule has 3 aromatic rings. The number of sulfonamides is 1. The zero-order valence-electron chi connectivity index (χ0n) is 50.2. The van der Waals surface area contributed by atoms with Crippen LogP contribution in [0.2, 0.25) is 0 Å². The van der Waals surface area contributed by atoms with Gasteiger partial charge in [-0.2, -0.15) is 0 Å². The van der Waals surface area contributed by atoms with Crippen molar-refractivity contribution in [1.82, 2.24) is 30.1 Å². The van der Waals surface area contributed by atoms with Gasteiger partial charge in [-0.25, -0.2) is 22.7 Å². The first-order valence-corrected chi connectivity index (χ1v) is 28.7. The summed E-state index contributed by atoms with van der Waals surface area (Å²) in [5.41, 5.74) is 5.17. The number of carbonyl (C=O) groups is 7. The van der Waals surface area contributed by atoms with Gasteiger partial charge in [-0.05, 0) is 114 Å². The maximum Gasteiger partial charge on any atom is 0.410 e. The van der Waals surface area contributed by atoms with Crippen molar-refractivity contribution in [2.45, 2.75) is 175 Å². The van der Waals surface area contributed by atoms with Crippen LogP contribution in [0, 0.1) is 11.3 Å². The van der Waals surface area contributed by atoms with E-state index in [2.05, 4.69) is 20.7 Å². The average Bonchev–Trinajstić information content (AvgIpc) is 3.34. The number of hydrogen-bond donors (Lipinski definition) is 5. The van der Waals surface area contributed by atoms with E-state index < -0.39 is 110 Å². The molecule has 0 aliphatic heterocycles. The Labute approximate surface area is 475 Å². The molecule has 6 N–H and O–H groups in total. The highest BCUT2D eigenvalue weighted by molar-refractivity contribution is 7.89. The minimum absolute atomic E-state index is 0.0164. The van der Waals surface area contributed by atoms with E-state index in [4.69, 9.17) is 15.2 Å². The van der Waals surface area contributed by atoms with Crippen LogP contribution in [0.4, 0.5) is 15.3 Å². The Kier molecular flexibility index (Phi) is 24.1. The van der Waals surface area contributed by atoms with Crippen LogP contribution in [-0.4, -0.2) is 134 Å². The Morgan fingerprint density at radius 1 is 0.662 bits per heavy atom. The summed E-state index contributed by atoms with van der Waals surface area (Å²) in [7, 11) is 0.366. The number of anilines is 1. The van der Waals surface area contributed by atoms with Crippen LogP contribution in [0.3, 0.4) is 0 Å². The smallest absolute Gasteiger partial charge is 0.410 e. The molecule has 0 spiro atoms. The van der Waals surface area contributed by atoms with Crippen LogP contribution in [0.5, 0.6) is 0 Å². The Hall–Kier alpha value is -6.80. The average molecular weight is 1130 g/mol. The van der Waals surface area contributed by atoms with Crippen molar-refractivity contribution in [3.05, 3.63) is 113 Å². The van der Waals surface area contributed by atoms with Crippen LogP contribution < -0.4 is 26.4 Å². The van der Waals surface area contributed by atoms with E-state index >= 15 is 0 Å². The maximum atomic E-state index is 14.7. The summed E-state index contributed by atoms with van der Waals surface area (Å²) in [4.78, 5) is 100. The molecule has 0 saturated heterocycles. The third-order valence-electron chi connectivity index (χ3n) is 13.2. The summed E-state index contributed by atoms with van der Waals surface area (Å²) in [6.45, 7) is 25.1. The van der Waals surface area contributed by atoms with Crippen molar-refractivity contribution < 1.29 is 51.5 Å². The lowest BCUT2D eigenvalue weighted by Crippen LogP contribution is -2.63. The third kappa shape index (κ3) is 21.3.